The molecule has 2 heterocycles. The van der Waals surface area contributed by atoms with Crippen molar-refractivity contribution in [2.45, 2.75) is 25.7 Å². The van der Waals surface area contributed by atoms with E-state index in [9.17, 15) is 14.4 Å². The molecule has 1 aliphatic heterocycles. The summed E-state index contributed by atoms with van der Waals surface area (Å²) in [5.41, 5.74) is 4.67. The summed E-state index contributed by atoms with van der Waals surface area (Å²) < 4.78 is 0. The number of carboxylic acid groups (broad SMARTS) is 2. The third kappa shape index (κ3) is 4.46. The topological polar surface area (TPSA) is 124 Å². The average molecular weight is 383 g/mol. The lowest BCUT2D eigenvalue weighted by molar-refractivity contribution is -0.134. The molecule has 28 heavy (non-hydrogen) atoms. The SMILES string of the molecule is O=C(C1CCc2nc[nH]c2C1)N1CCc2ccccc21.O=C(O)C=CC(=O)O. The van der Waals surface area contributed by atoms with Gasteiger partial charge in [-0.2, -0.15) is 0 Å². The highest BCUT2D eigenvalue weighted by atomic mass is 16.4. The lowest BCUT2D eigenvalue weighted by atomic mass is 9.88. The molecule has 1 aromatic carbocycles. The molecule has 4 rings (SSSR count). The molecule has 0 radical (unpaired) electrons. The Morgan fingerprint density at radius 3 is 2.54 bits per heavy atom. The zero-order valence-electron chi connectivity index (χ0n) is 15.2. The number of H-pyrrole nitrogens is 1. The van der Waals surface area contributed by atoms with Gasteiger partial charge in [0.15, 0.2) is 0 Å². The number of hydrogen-bond donors (Lipinski definition) is 3. The van der Waals surface area contributed by atoms with E-state index in [2.05, 4.69) is 22.1 Å². The fourth-order valence-electron chi connectivity index (χ4n) is 3.54. The van der Waals surface area contributed by atoms with Crippen molar-refractivity contribution in [2.24, 2.45) is 5.92 Å². The summed E-state index contributed by atoms with van der Waals surface area (Å²) >= 11 is 0. The van der Waals surface area contributed by atoms with E-state index in [1.165, 1.54) is 5.56 Å². The van der Waals surface area contributed by atoms with Crippen molar-refractivity contribution in [3.05, 3.63) is 59.7 Å². The van der Waals surface area contributed by atoms with Crippen LogP contribution in [-0.4, -0.2) is 44.6 Å². The maximum atomic E-state index is 12.8. The van der Waals surface area contributed by atoms with Gasteiger partial charge >= 0.3 is 11.9 Å². The number of aromatic amines is 1. The van der Waals surface area contributed by atoms with E-state index in [1.54, 1.807) is 6.33 Å². The monoisotopic (exact) mass is 383 g/mol. The van der Waals surface area contributed by atoms with Crippen molar-refractivity contribution < 1.29 is 24.6 Å². The molecule has 8 nitrogen and oxygen atoms in total. The zero-order valence-corrected chi connectivity index (χ0v) is 15.2. The Morgan fingerprint density at radius 2 is 1.82 bits per heavy atom. The fraction of sp³-hybridized carbons (Fsp3) is 0.300. The number of aromatic nitrogens is 2. The van der Waals surface area contributed by atoms with Crippen molar-refractivity contribution in [1.82, 2.24) is 9.97 Å². The summed E-state index contributed by atoms with van der Waals surface area (Å²) in [6.45, 7) is 0.824. The number of nitrogens with one attached hydrogen (secondary N) is 1. The normalized spacial score (nSPS) is 17.4. The first-order valence-electron chi connectivity index (χ1n) is 9.00. The Morgan fingerprint density at radius 1 is 1.11 bits per heavy atom. The zero-order chi connectivity index (χ0) is 20.1. The van der Waals surface area contributed by atoms with E-state index >= 15 is 0 Å². The summed E-state index contributed by atoms with van der Waals surface area (Å²) in [6.07, 6.45) is 6.45. The number of anilines is 1. The minimum absolute atomic E-state index is 0.0918. The number of carboxylic acids is 2. The van der Waals surface area contributed by atoms with Crippen LogP contribution in [0.15, 0.2) is 42.7 Å². The Labute approximate surface area is 161 Å². The Bertz CT molecular complexity index is 902. The van der Waals surface area contributed by atoms with Gasteiger partial charge in [0.05, 0.1) is 12.0 Å². The van der Waals surface area contributed by atoms with Crippen molar-refractivity contribution in [2.75, 3.05) is 11.4 Å². The van der Waals surface area contributed by atoms with Gasteiger partial charge in [-0.15, -0.1) is 0 Å². The minimum Gasteiger partial charge on any atom is -0.478 e. The second kappa shape index (κ2) is 8.51. The van der Waals surface area contributed by atoms with Gasteiger partial charge in [-0.05, 0) is 30.9 Å². The van der Waals surface area contributed by atoms with E-state index in [1.807, 2.05) is 17.0 Å². The highest BCUT2D eigenvalue weighted by Gasteiger charge is 2.32. The van der Waals surface area contributed by atoms with Crippen LogP contribution in [0.25, 0.3) is 0 Å². The third-order valence-electron chi connectivity index (χ3n) is 4.86. The molecule has 0 saturated heterocycles. The number of carbonyl (C=O) groups is 3. The molecule has 2 aliphatic rings. The Hall–Kier alpha value is -3.42. The first-order chi connectivity index (χ1) is 13.5. The van der Waals surface area contributed by atoms with Crippen LogP contribution in [0.2, 0.25) is 0 Å². The largest absolute Gasteiger partial charge is 0.478 e. The number of imidazole rings is 1. The molecule has 1 atom stereocenters. The maximum absolute atomic E-state index is 12.8. The van der Waals surface area contributed by atoms with Gasteiger partial charge in [-0.3, -0.25) is 4.79 Å². The second-order valence-corrected chi connectivity index (χ2v) is 6.65. The fourth-order valence-corrected chi connectivity index (χ4v) is 3.54. The first kappa shape index (κ1) is 19.3. The number of para-hydroxylation sites is 1. The van der Waals surface area contributed by atoms with Gasteiger partial charge in [0.2, 0.25) is 5.91 Å². The predicted molar refractivity (Wildman–Crippen MR) is 101 cm³/mol. The van der Waals surface area contributed by atoms with Gasteiger partial charge < -0.3 is 20.1 Å². The lowest BCUT2D eigenvalue weighted by Crippen LogP contribution is -2.37. The van der Waals surface area contributed by atoms with Gasteiger partial charge in [0.1, 0.15) is 0 Å². The van der Waals surface area contributed by atoms with Crippen molar-refractivity contribution in [3.8, 4) is 0 Å². The summed E-state index contributed by atoms with van der Waals surface area (Å²) in [4.78, 5) is 41.3. The molecule has 8 heteroatoms. The quantitative estimate of drug-likeness (QED) is 0.695. The van der Waals surface area contributed by atoms with E-state index in [0.717, 1.165) is 49.3 Å². The number of aryl methyl sites for hydroxylation is 1. The Kier molecular flexibility index (Phi) is 5.88. The number of benzene rings is 1. The number of amides is 1. The van der Waals surface area contributed by atoms with Crippen LogP contribution < -0.4 is 4.90 Å². The van der Waals surface area contributed by atoms with Crippen molar-refractivity contribution >= 4 is 23.5 Å². The second-order valence-electron chi connectivity index (χ2n) is 6.65. The lowest BCUT2D eigenvalue weighted by Gasteiger charge is -2.26. The molecule has 3 N–H and O–H groups in total. The number of hydrogen-bond acceptors (Lipinski definition) is 4. The van der Waals surface area contributed by atoms with Gasteiger partial charge in [0, 0.05) is 42.4 Å². The molecular formula is C20H21N3O5. The summed E-state index contributed by atoms with van der Waals surface area (Å²) in [6, 6.07) is 8.24. The highest BCUT2D eigenvalue weighted by Crippen LogP contribution is 2.31. The van der Waals surface area contributed by atoms with Crippen LogP contribution in [0.1, 0.15) is 23.4 Å². The third-order valence-corrected chi connectivity index (χ3v) is 4.86. The molecule has 1 aliphatic carbocycles. The van der Waals surface area contributed by atoms with Crippen LogP contribution in [-0.2, 0) is 33.6 Å². The number of nitrogens with zero attached hydrogens (tertiary/aromatic N) is 2. The summed E-state index contributed by atoms with van der Waals surface area (Å²) in [5.74, 6) is -2.15. The summed E-state index contributed by atoms with van der Waals surface area (Å²) in [5, 5.41) is 15.6. The van der Waals surface area contributed by atoms with Crippen LogP contribution in [0, 0.1) is 5.92 Å². The molecule has 2 aromatic rings. The number of aliphatic carboxylic acids is 2. The standard InChI is InChI=1S/C16H17N3O.C4H4O4/c20-16(12-5-6-13-14(9-12)18-10-17-13)19-8-7-11-3-1-2-4-15(11)19;5-3(6)1-2-4(7)8/h1-4,10,12H,5-9H2,(H,17,18);1-2H,(H,5,6)(H,7,8). The highest BCUT2D eigenvalue weighted by molar-refractivity contribution is 5.97. The predicted octanol–water partition coefficient (Wildman–Crippen LogP) is 1.82. The first-order valence-corrected chi connectivity index (χ1v) is 9.00. The van der Waals surface area contributed by atoms with Crippen molar-refractivity contribution in [3.63, 3.8) is 0 Å². The molecular weight excluding hydrogens is 362 g/mol. The van der Waals surface area contributed by atoms with E-state index in [4.69, 9.17) is 10.2 Å². The molecule has 0 saturated carbocycles. The number of carbonyl (C=O) groups excluding carboxylic acids is 1. The smallest absolute Gasteiger partial charge is 0.328 e. The Balaban J connectivity index is 0.000000242. The molecule has 146 valence electrons. The average Bonchev–Trinajstić information content (AvgIpc) is 3.32. The van der Waals surface area contributed by atoms with Crippen LogP contribution in [0.5, 0.6) is 0 Å². The minimum atomic E-state index is -1.26. The molecule has 1 unspecified atom stereocenters. The van der Waals surface area contributed by atoms with E-state index < -0.39 is 11.9 Å². The van der Waals surface area contributed by atoms with Crippen LogP contribution in [0.3, 0.4) is 0 Å². The summed E-state index contributed by atoms with van der Waals surface area (Å²) in [7, 11) is 0. The molecule has 0 bridgehead atoms. The van der Waals surface area contributed by atoms with Gasteiger partial charge in [-0.1, -0.05) is 18.2 Å². The molecule has 0 spiro atoms. The molecule has 1 aromatic heterocycles. The van der Waals surface area contributed by atoms with Gasteiger partial charge in [-0.25, -0.2) is 14.6 Å². The molecule has 1 amide bonds. The maximum Gasteiger partial charge on any atom is 0.328 e. The van der Waals surface area contributed by atoms with E-state index in [0.29, 0.717) is 12.2 Å². The van der Waals surface area contributed by atoms with Crippen LogP contribution >= 0.6 is 0 Å². The van der Waals surface area contributed by atoms with Crippen molar-refractivity contribution in [1.29, 1.82) is 0 Å². The molecule has 0 fully saturated rings. The van der Waals surface area contributed by atoms with Gasteiger partial charge in [0.25, 0.3) is 0 Å². The number of rotatable bonds is 3. The van der Waals surface area contributed by atoms with Crippen LogP contribution in [0.4, 0.5) is 5.69 Å². The van der Waals surface area contributed by atoms with E-state index in [-0.39, 0.29) is 11.8 Å². The number of fused-ring (bicyclic) bond motifs is 2.